The third-order valence-electron chi connectivity index (χ3n) is 8.85. The highest BCUT2D eigenvalue weighted by Crippen LogP contribution is 2.40. The van der Waals surface area contributed by atoms with Gasteiger partial charge in [0.2, 0.25) is 15.9 Å². The van der Waals surface area contributed by atoms with Gasteiger partial charge in [0.15, 0.2) is 0 Å². The smallest absolute Gasteiger partial charge is 0.258 e. The summed E-state index contributed by atoms with van der Waals surface area (Å²) in [6.07, 6.45) is 6.94. The van der Waals surface area contributed by atoms with Crippen LogP contribution >= 0.6 is 0 Å². The van der Waals surface area contributed by atoms with E-state index in [1.54, 1.807) is 23.1 Å². The van der Waals surface area contributed by atoms with Gasteiger partial charge in [-0.2, -0.15) is 4.31 Å². The minimum atomic E-state index is -3.74. The minimum absolute atomic E-state index is 0.0899. The second-order valence-corrected chi connectivity index (χ2v) is 13.4. The number of likely N-dealkylation sites (tertiary alicyclic amines) is 1. The molecule has 2 amide bonds. The van der Waals surface area contributed by atoms with Gasteiger partial charge in [-0.15, -0.1) is 0 Å². The Labute approximate surface area is 247 Å². The molecule has 3 aliphatic heterocycles. The van der Waals surface area contributed by atoms with Gasteiger partial charge in [-0.05, 0) is 70.4 Å². The van der Waals surface area contributed by atoms with Crippen molar-refractivity contribution in [3.63, 3.8) is 0 Å². The molecule has 10 heteroatoms. The Morgan fingerprint density at radius 2 is 1.76 bits per heavy atom. The molecular formula is C32H38N4O5S. The molecule has 42 heavy (non-hydrogen) atoms. The predicted octanol–water partition coefficient (Wildman–Crippen LogP) is 4.36. The summed E-state index contributed by atoms with van der Waals surface area (Å²) in [5.74, 6) is -0.0793. The van der Waals surface area contributed by atoms with Crippen molar-refractivity contribution >= 4 is 50.1 Å². The molecule has 4 heterocycles. The van der Waals surface area contributed by atoms with E-state index in [0.29, 0.717) is 49.7 Å². The number of hydrogen-bond acceptors (Lipinski definition) is 5. The number of rotatable bonds is 6. The van der Waals surface area contributed by atoms with Crippen molar-refractivity contribution in [2.24, 2.45) is 0 Å². The van der Waals surface area contributed by atoms with Crippen LogP contribution in [0.2, 0.25) is 0 Å². The zero-order valence-corrected chi connectivity index (χ0v) is 25.3. The number of morpholine rings is 1. The number of para-hydroxylation sites is 1. The zero-order valence-electron chi connectivity index (χ0n) is 24.5. The number of likely N-dealkylation sites (N-methyl/N-ethyl adjacent to an activating group) is 1. The molecule has 1 aromatic heterocycles. The minimum Gasteiger partial charge on any atom is -0.379 e. The van der Waals surface area contributed by atoms with Gasteiger partial charge in [-0.25, -0.2) is 8.42 Å². The Kier molecular flexibility index (Phi) is 7.72. The van der Waals surface area contributed by atoms with E-state index in [0.717, 1.165) is 35.7 Å². The van der Waals surface area contributed by atoms with Crippen LogP contribution in [0.25, 0.3) is 22.6 Å². The van der Waals surface area contributed by atoms with E-state index in [9.17, 15) is 18.0 Å². The first kappa shape index (κ1) is 28.6. The molecule has 2 atom stereocenters. The molecule has 0 radical (unpaired) electrons. The first-order valence-corrected chi connectivity index (χ1v) is 16.3. The Morgan fingerprint density at radius 3 is 2.48 bits per heavy atom. The van der Waals surface area contributed by atoms with Crippen LogP contribution in [0.3, 0.4) is 0 Å². The van der Waals surface area contributed by atoms with Crippen LogP contribution in [0.4, 0.5) is 5.69 Å². The van der Waals surface area contributed by atoms with Gasteiger partial charge in [0, 0.05) is 65.5 Å². The lowest BCUT2D eigenvalue weighted by atomic mass is 9.97. The fourth-order valence-corrected chi connectivity index (χ4v) is 8.14. The summed E-state index contributed by atoms with van der Waals surface area (Å²) in [6.45, 7) is 8.14. The van der Waals surface area contributed by atoms with E-state index < -0.39 is 10.0 Å². The molecule has 0 spiro atoms. The third kappa shape index (κ3) is 4.95. The van der Waals surface area contributed by atoms with E-state index in [2.05, 4.69) is 13.8 Å². The lowest BCUT2D eigenvalue weighted by Crippen LogP contribution is -2.48. The van der Waals surface area contributed by atoms with Gasteiger partial charge in [0.25, 0.3) is 5.91 Å². The highest BCUT2D eigenvalue weighted by atomic mass is 32.2. The molecule has 0 aliphatic carbocycles. The molecule has 3 aromatic rings. The van der Waals surface area contributed by atoms with Gasteiger partial charge in [-0.1, -0.05) is 18.2 Å². The number of hydrogen-bond donors (Lipinski definition) is 0. The number of aromatic nitrogens is 1. The molecule has 2 aromatic carbocycles. The van der Waals surface area contributed by atoms with Gasteiger partial charge in [0.1, 0.15) is 6.54 Å². The van der Waals surface area contributed by atoms with Crippen LogP contribution in [-0.4, -0.2) is 78.9 Å². The van der Waals surface area contributed by atoms with Crippen LogP contribution in [-0.2, 0) is 30.9 Å². The monoisotopic (exact) mass is 590 g/mol. The van der Waals surface area contributed by atoms with E-state index >= 15 is 0 Å². The lowest BCUT2D eigenvalue weighted by molar-refractivity contribution is -0.137. The van der Waals surface area contributed by atoms with Crippen LogP contribution in [0.15, 0.2) is 53.6 Å². The van der Waals surface area contributed by atoms with E-state index in [1.807, 2.05) is 52.9 Å². The molecular weight excluding hydrogens is 552 g/mol. The van der Waals surface area contributed by atoms with Crippen molar-refractivity contribution in [3.05, 3.63) is 59.8 Å². The van der Waals surface area contributed by atoms with Crippen molar-refractivity contribution < 1.29 is 22.7 Å². The highest BCUT2D eigenvalue weighted by Gasteiger charge is 2.35. The number of benzene rings is 2. The number of sulfonamides is 1. The molecule has 0 N–H and O–H groups in total. The highest BCUT2D eigenvalue weighted by molar-refractivity contribution is 7.89. The van der Waals surface area contributed by atoms with E-state index in [-0.39, 0.29) is 35.3 Å². The average Bonchev–Trinajstić information content (AvgIpc) is 3.46. The first-order chi connectivity index (χ1) is 20.2. The summed E-state index contributed by atoms with van der Waals surface area (Å²) in [4.78, 5) is 31.0. The molecule has 2 saturated heterocycles. The molecule has 0 bridgehead atoms. The lowest BCUT2D eigenvalue weighted by Gasteiger charge is -2.39. The number of nitrogens with zero attached hydrogens (tertiary/aromatic N) is 4. The van der Waals surface area contributed by atoms with Crippen molar-refractivity contribution in [2.75, 3.05) is 37.7 Å². The topological polar surface area (TPSA) is 92.2 Å². The Balaban J connectivity index is 1.40. The Morgan fingerprint density at radius 1 is 1.05 bits per heavy atom. The number of amides is 2. The molecule has 2 unspecified atom stereocenters. The first-order valence-electron chi connectivity index (χ1n) is 14.9. The largest absolute Gasteiger partial charge is 0.379 e. The summed E-state index contributed by atoms with van der Waals surface area (Å²) in [5.41, 5.74) is 3.46. The van der Waals surface area contributed by atoms with Crippen LogP contribution < -0.4 is 4.90 Å². The SMILES string of the molecule is CCN1C(=O)/C(=C\c2cn(CC(=O)N3C(C)CCCC3C)c3ccccc23)c2cc(S(=O)(=O)N3CCOCC3)ccc21. The average molecular weight is 591 g/mol. The fraction of sp³-hybridized carbons (Fsp3) is 0.438. The number of piperidine rings is 1. The maximum Gasteiger partial charge on any atom is 0.258 e. The van der Waals surface area contributed by atoms with Crippen molar-refractivity contribution in [2.45, 2.75) is 63.6 Å². The van der Waals surface area contributed by atoms with Crippen molar-refractivity contribution in [1.82, 2.24) is 13.8 Å². The number of anilines is 1. The van der Waals surface area contributed by atoms with Gasteiger partial charge < -0.3 is 19.1 Å². The second kappa shape index (κ2) is 11.3. The quantitative estimate of drug-likeness (QED) is 0.398. The molecule has 6 rings (SSSR count). The summed E-state index contributed by atoms with van der Waals surface area (Å²) in [7, 11) is -3.74. The molecule has 9 nitrogen and oxygen atoms in total. The van der Waals surface area contributed by atoms with Gasteiger partial charge >= 0.3 is 0 Å². The van der Waals surface area contributed by atoms with Crippen LogP contribution in [0.1, 0.15) is 51.2 Å². The number of ether oxygens (including phenoxy) is 1. The Hall–Kier alpha value is -3.47. The number of carbonyl (C=O) groups is 2. The molecule has 2 fully saturated rings. The summed E-state index contributed by atoms with van der Waals surface area (Å²) < 4.78 is 35.7. The summed E-state index contributed by atoms with van der Waals surface area (Å²) in [5, 5.41) is 0.930. The van der Waals surface area contributed by atoms with Gasteiger partial charge in [-0.3, -0.25) is 9.59 Å². The zero-order chi connectivity index (χ0) is 29.6. The third-order valence-corrected chi connectivity index (χ3v) is 10.7. The number of fused-ring (bicyclic) bond motifs is 2. The number of carbonyl (C=O) groups excluding carboxylic acids is 2. The van der Waals surface area contributed by atoms with Crippen LogP contribution in [0, 0.1) is 0 Å². The fourth-order valence-electron chi connectivity index (χ4n) is 6.70. The molecule has 0 saturated carbocycles. The maximum absolute atomic E-state index is 13.7. The maximum atomic E-state index is 13.7. The predicted molar refractivity (Wildman–Crippen MR) is 163 cm³/mol. The molecule has 3 aliphatic rings. The Bertz CT molecular complexity index is 1660. The standard InChI is InChI=1S/C32H38N4O5S/c1-4-35-30-13-12-25(42(39,40)34-14-16-41-17-15-34)19-27(30)28(32(35)38)18-24-20-33(29-11-6-5-10-26(24)29)21-31(37)36-22(2)8-7-9-23(36)3/h5-6,10-13,18-20,22-23H,4,7-9,14-17,21H2,1-3H3/b28-18-. The van der Waals surface area contributed by atoms with E-state index in [4.69, 9.17) is 4.74 Å². The van der Waals surface area contributed by atoms with E-state index in [1.165, 1.54) is 4.31 Å². The van der Waals surface area contributed by atoms with Crippen molar-refractivity contribution in [1.29, 1.82) is 0 Å². The van der Waals surface area contributed by atoms with Gasteiger partial charge in [0.05, 0.1) is 23.8 Å². The summed E-state index contributed by atoms with van der Waals surface area (Å²) >= 11 is 0. The molecule has 222 valence electrons. The second-order valence-electron chi connectivity index (χ2n) is 11.5. The normalized spacial score (nSPS) is 22.7. The summed E-state index contributed by atoms with van der Waals surface area (Å²) in [6, 6.07) is 13.2. The van der Waals surface area contributed by atoms with Crippen molar-refractivity contribution in [3.8, 4) is 0 Å². The van der Waals surface area contributed by atoms with Crippen LogP contribution in [0.5, 0.6) is 0 Å².